The van der Waals surface area contributed by atoms with Gasteiger partial charge in [0.1, 0.15) is 5.75 Å². The van der Waals surface area contributed by atoms with Gasteiger partial charge in [0.25, 0.3) is 5.91 Å². The molecule has 0 heterocycles. The summed E-state index contributed by atoms with van der Waals surface area (Å²) in [7, 11) is 0. The van der Waals surface area contributed by atoms with Gasteiger partial charge in [0.2, 0.25) is 0 Å². The molecule has 0 aromatic heterocycles. The van der Waals surface area contributed by atoms with Crippen LogP contribution in [0.5, 0.6) is 5.75 Å². The van der Waals surface area contributed by atoms with E-state index in [4.69, 9.17) is 0 Å². The van der Waals surface area contributed by atoms with Crippen LogP contribution in [0.3, 0.4) is 0 Å². The molecule has 0 fully saturated rings. The lowest BCUT2D eigenvalue weighted by Gasteiger charge is -2.07. The van der Waals surface area contributed by atoms with Gasteiger partial charge in [0, 0.05) is 11.3 Å². The third-order valence-corrected chi connectivity index (χ3v) is 2.49. The fourth-order valence-electron chi connectivity index (χ4n) is 1.62. The monoisotopic (exact) mass is 227 g/mol. The van der Waals surface area contributed by atoms with Crippen molar-refractivity contribution >= 4 is 11.6 Å². The zero-order chi connectivity index (χ0) is 12.3. The Morgan fingerprint density at radius 3 is 2.47 bits per heavy atom. The van der Waals surface area contributed by atoms with Crippen molar-refractivity contribution in [3.63, 3.8) is 0 Å². The fourth-order valence-corrected chi connectivity index (χ4v) is 1.62. The van der Waals surface area contributed by atoms with E-state index in [-0.39, 0.29) is 11.7 Å². The summed E-state index contributed by atoms with van der Waals surface area (Å²) < 4.78 is 0. The number of hydrogen-bond acceptors (Lipinski definition) is 2. The number of hydrogen-bond donors (Lipinski definition) is 2. The molecule has 0 saturated heterocycles. The topological polar surface area (TPSA) is 49.3 Å². The molecule has 0 spiro atoms. The van der Waals surface area contributed by atoms with Gasteiger partial charge < -0.3 is 10.4 Å². The van der Waals surface area contributed by atoms with Crippen LogP contribution in [-0.4, -0.2) is 11.0 Å². The average molecular weight is 227 g/mol. The molecule has 2 N–H and O–H groups in total. The van der Waals surface area contributed by atoms with Crippen molar-refractivity contribution in [1.29, 1.82) is 0 Å². The maximum atomic E-state index is 12.0. The first-order chi connectivity index (χ1) is 8.16. The molecular weight excluding hydrogens is 214 g/mol. The number of anilines is 1. The van der Waals surface area contributed by atoms with Crippen LogP contribution in [0.1, 0.15) is 15.9 Å². The molecule has 3 heteroatoms. The molecule has 0 aliphatic heterocycles. The van der Waals surface area contributed by atoms with E-state index < -0.39 is 0 Å². The Bertz CT molecular complexity index is 535. The molecule has 3 nitrogen and oxygen atoms in total. The van der Waals surface area contributed by atoms with Gasteiger partial charge in [-0.2, -0.15) is 0 Å². The van der Waals surface area contributed by atoms with Crippen LogP contribution in [0.25, 0.3) is 0 Å². The van der Waals surface area contributed by atoms with Crippen LogP contribution < -0.4 is 5.32 Å². The second-order valence-corrected chi connectivity index (χ2v) is 3.82. The Balaban J connectivity index is 2.21. The molecule has 0 bridgehead atoms. The van der Waals surface area contributed by atoms with Crippen LogP contribution in [0.2, 0.25) is 0 Å². The first-order valence-corrected chi connectivity index (χ1v) is 5.33. The summed E-state index contributed by atoms with van der Waals surface area (Å²) in [5, 5.41) is 12.1. The molecule has 0 saturated carbocycles. The molecule has 86 valence electrons. The van der Waals surface area contributed by atoms with E-state index in [9.17, 15) is 9.90 Å². The fraction of sp³-hybridized carbons (Fsp3) is 0.0714. The number of carbonyl (C=O) groups excluding carboxylic acids is 1. The lowest BCUT2D eigenvalue weighted by molar-refractivity contribution is 0.102. The minimum absolute atomic E-state index is 0.166. The van der Waals surface area contributed by atoms with Crippen LogP contribution in [0.15, 0.2) is 48.5 Å². The van der Waals surface area contributed by atoms with Crippen molar-refractivity contribution in [2.75, 3.05) is 5.32 Å². The lowest BCUT2D eigenvalue weighted by atomic mass is 10.1. The molecule has 0 aliphatic carbocycles. The summed E-state index contributed by atoms with van der Waals surface area (Å²) in [6, 6.07) is 14.0. The van der Waals surface area contributed by atoms with E-state index in [2.05, 4.69) is 5.32 Å². The van der Waals surface area contributed by atoms with Crippen LogP contribution in [0.4, 0.5) is 5.69 Å². The molecule has 0 aliphatic rings. The van der Waals surface area contributed by atoms with Crippen LogP contribution in [-0.2, 0) is 0 Å². The third kappa shape index (κ3) is 2.64. The predicted octanol–water partition coefficient (Wildman–Crippen LogP) is 2.95. The molecule has 2 aromatic carbocycles. The van der Waals surface area contributed by atoms with Gasteiger partial charge in [-0.1, -0.05) is 18.2 Å². The molecule has 0 radical (unpaired) electrons. The van der Waals surface area contributed by atoms with Crippen molar-refractivity contribution in [2.45, 2.75) is 6.92 Å². The van der Waals surface area contributed by atoms with Crippen LogP contribution in [0, 0.1) is 6.92 Å². The highest BCUT2D eigenvalue weighted by Gasteiger charge is 2.09. The maximum Gasteiger partial charge on any atom is 0.255 e. The van der Waals surface area contributed by atoms with Crippen molar-refractivity contribution in [3.05, 3.63) is 59.7 Å². The molecule has 2 aromatic rings. The van der Waals surface area contributed by atoms with Crippen molar-refractivity contribution < 1.29 is 9.90 Å². The number of carbonyl (C=O) groups is 1. The Labute approximate surface area is 99.7 Å². The summed E-state index contributed by atoms with van der Waals surface area (Å²) >= 11 is 0. The summed E-state index contributed by atoms with van der Waals surface area (Å²) in [6.45, 7) is 1.79. The summed E-state index contributed by atoms with van der Waals surface area (Å²) in [6.07, 6.45) is 0. The Morgan fingerprint density at radius 2 is 1.82 bits per heavy atom. The van der Waals surface area contributed by atoms with Crippen molar-refractivity contribution in [3.8, 4) is 5.75 Å². The number of nitrogens with one attached hydrogen (secondary N) is 1. The average Bonchev–Trinajstić information content (AvgIpc) is 2.30. The Kier molecular flexibility index (Phi) is 3.10. The van der Waals surface area contributed by atoms with Gasteiger partial charge in [0.15, 0.2) is 0 Å². The minimum Gasteiger partial charge on any atom is -0.508 e. The highest BCUT2D eigenvalue weighted by molar-refractivity contribution is 6.05. The summed E-state index contributed by atoms with van der Waals surface area (Å²) in [5.74, 6) is -0.00698. The van der Waals surface area contributed by atoms with Crippen LogP contribution >= 0.6 is 0 Å². The van der Waals surface area contributed by atoms with Gasteiger partial charge in [-0.05, 0) is 42.8 Å². The second kappa shape index (κ2) is 4.70. The summed E-state index contributed by atoms with van der Waals surface area (Å²) in [5.41, 5.74) is 2.06. The number of benzene rings is 2. The van der Waals surface area contributed by atoms with Gasteiger partial charge in [-0.15, -0.1) is 0 Å². The normalized spacial score (nSPS) is 9.94. The summed E-state index contributed by atoms with van der Waals surface area (Å²) in [4.78, 5) is 12.0. The Morgan fingerprint density at radius 1 is 1.12 bits per heavy atom. The second-order valence-electron chi connectivity index (χ2n) is 3.82. The molecule has 17 heavy (non-hydrogen) atoms. The maximum absolute atomic E-state index is 12.0. The number of aromatic hydroxyl groups is 1. The van der Waals surface area contributed by atoms with Gasteiger partial charge in [0.05, 0.1) is 0 Å². The van der Waals surface area contributed by atoms with E-state index in [0.717, 1.165) is 11.3 Å². The number of aryl methyl sites for hydroxylation is 1. The van der Waals surface area contributed by atoms with Crippen molar-refractivity contribution in [1.82, 2.24) is 0 Å². The minimum atomic E-state index is -0.172. The first kappa shape index (κ1) is 11.2. The van der Waals surface area contributed by atoms with Gasteiger partial charge in [-0.25, -0.2) is 0 Å². The highest BCUT2D eigenvalue weighted by atomic mass is 16.3. The number of phenols is 1. The SMILES string of the molecule is Cc1cc(O)ccc1C(=O)Nc1ccccc1. The van der Waals surface area contributed by atoms with E-state index in [1.54, 1.807) is 19.1 Å². The quantitative estimate of drug-likeness (QED) is 0.828. The zero-order valence-electron chi connectivity index (χ0n) is 9.47. The van der Waals surface area contributed by atoms with Gasteiger partial charge in [-0.3, -0.25) is 4.79 Å². The number of para-hydroxylation sites is 1. The highest BCUT2D eigenvalue weighted by Crippen LogP contribution is 2.17. The van der Waals surface area contributed by atoms with E-state index in [0.29, 0.717) is 5.56 Å². The third-order valence-electron chi connectivity index (χ3n) is 2.49. The smallest absolute Gasteiger partial charge is 0.255 e. The van der Waals surface area contributed by atoms with Crippen molar-refractivity contribution in [2.24, 2.45) is 0 Å². The Hall–Kier alpha value is -2.29. The molecule has 0 unspecified atom stereocenters. The molecule has 0 atom stereocenters. The van der Waals surface area contributed by atoms with E-state index in [1.807, 2.05) is 30.3 Å². The predicted molar refractivity (Wildman–Crippen MR) is 67.2 cm³/mol. The standard InChI is InChI=1S/C14H13NO2/c1-10-9-12(16)7-8-13(10)14(17)15-11-5-3-2-4-6-11/h2-9,16H,1H3,(H,15,17). The molecule has 2 rings (SSSR count). The zero-order valence-corrected chi connectivity index (χ0v) is 9.47. The van der Waals surface area contributed by atoms with E-state index >= 15 is 0 Å². The van der Waals surface area contributed by atoms with E-state index in [1.165, 1.54) is 6.07 Å². The number of rotatable bonds is 2. The lowest BCUT2D eigenvalue weighted by Crippen LogP contribution is -2.13. The molecular formula is C14H13NO2. The molecule has 1 amide bonds. The number of amides is 1. The first-order valence-electron chi connectivity index (χ1n) is 5.33. The number of phenolic OH excluding ortho intramolecular Hbond substituents is 1. The largest absolute Gasteiger partial charge is 0.508 e. The van der Waals surface area contributed by atoms with Gasteiger partial charge >= 0.3 is 0 Å².